The van der Waals surface area contributed by atoms with Gasteiger partial charge in [-0.2, -0.15) is 4.80 Å². The number of amides is 1. The molecule has 0 aliphatic rings. The second kappa shape index (κ2) is 5.90. The van der Waals surface area contributed by atoms with Crippen molar-refractivity contribution in [1.29, 1.82) is 0 Å². The van der Waals surface area contributed by atoms with Crippen molar-refractivity contribution in [2.75, 3.05) is 11.9 Å². The van der Waals surface area contributed by atoms with Crippen LogP contribution in [0.5, 0.6) is 0 Å². The van der Waals surface area contributed by atoms with E-state index in [0.29, 0.717) is 0 Å². The first-order valence-corrected chi connectivity index (χ1v) is 5.64. The second-order valence-corrected chi connectivity index (χ2v) is 3.75. The van der Waals surface area contributed by atoms with Gasteiger partial charge in [-0.05, 0) is 23.4 Å². The average Bonchev–Trinajstić information content (AvgIpc) is 2.81. The Morgan fingerprint density at radius 3 is 3.00 bits per heavy atom. The predicted molar refractivity (Wildman–Crippen MR) is 69.1 cm³/mol. The third-order valence-electron chi connectivity index (χ3n) is 2.29. The van der Waals surface area contributed by atoms with Crippen molar-refractivity contribution in [2.45, 2.75) is 0 Å². The van der Waals surface area contributed by atoms with Gasteiger partial charge < -0.3 is 5.73 Å². The van der Waals surface area contributed by atoms with Gasteiger partial charge in [0.1, 0.15) is 5.82 Å². The van der Waals surface area contributed by atoms with Gasteiger partial charge in [-0.3, -0.25) is 10.1 Å². The Hall–Kier alpha value is -2.79. The molecule has 1 heterocycles. The lowest BCUT2D eigenvalue weighted by Gasteiger charge is -2.03. The Morgan fingerprint density at radius 2 is 2.35 bits per heavy atom. The number of benzene rings is 1. The van der Waals surface area contributed by atoms with E-state index in [2.05, 4.69) is 32.6 Å². The van der Waals surface area contributed by atoms with E-state index in [0.717, 1.165) is 0 Å². The van der Waals surface area contributed by atoms with Crippen LogP contribution in [-0.2, 0) is 7.05 Å². The van der Waals surface area contributed by atoms with Crippen LogP contribution >= 0.6 is 0 Å². The number of tetrazole rings is 1. The van der Waals surface area contributed by atoms with Gasteiger partial charge in [0, 0.05) is 5.56 Å². The van der Waals surface area contributed by atoms with E-state index in [1.165, 1.54) is 23.0 Å². The number of carbonyl (C=O) groups excluding carboxylic acids is 1. The van der Waals surface area contributed by atoms with Gasteiger partial charge >= 0.3 is 0 Å². The Labute approximate surface area is 114 Å². The molecule has 0 saturated carbocycles. The number of aryl methyl sites for hydroxylation is 1. The van der Waals surface area contributed by atoms with Gasteiger partial charge in [-0.15, -0.1) is 5.10 Å². The molecule has 0 aliphatic heterocycles. The van der Waals surface area contributed by atoms with Gasteiger partial charge in [-0.25, -0.2) is 4.39 Å². The number of nitrogens with zero attached hydrogens (tertiary/aromatic N) is 4. The molecule has 2 rings (SSSR count). The quantitative estimate of drug-likeness (QED) is 0.746. The van der Waals surface area contributed by atoms with Gasteiger partial charge in [0.25, 0.3) is 11.9 Å². The van der Waals surface area contributed by atoms with E-state index in [4.69, 9.17) is 5.73 Å². The molecule has 0 fully saturated rings. The molecular weight excluding hydrogens is 263 g/mol. The smallest absolute Gasteiger partial charge is 0.270 e. The summed E-state index contributed by atoms with van der Waals surface area (Å²) in [6.07, 6.45) is 0. The van der Waals surface area contributed by atoms with E-state index in [1.54, 1.807) is 7.05 Å². The molecule has 3 N–H and O–H groups in total. The maximum absolute atomic E-state index is 13.2. The van der Waals surface area contributed by atoms with Crippen LogP contribution in [0.25, 0.3) is 0 Å². The zero-order valence-electron chi connectivity index (χ0n) is 10.6. The summed E-state index contributed by atoms with van der Waals surface area (Å²) in [4.78, 5) is 13.3. The van der Waals surface area contributed by atoms with E-state index in [-0.39, 0.29) is 23.6 Å². The molecule has 1 aromatic carbocycles. The van der Waals surface area contributed by atoms with Gasteiger partial charge in [0.2, 0.25) is 0 Å². The molecule has 102 valence electrons. The fourth-order valence-corrected chi connectivity index (χ4v) is 1.47. The summed E-state index contributed by atoms with van der Waals surface area (Å²) < 4.78 is 13.2. The van der Waals surface area contributed by atoms with Crippen LogP contribution in [0, 0.1) is 17.7 Å². The van der Waals surface area contributed by atoms with Crippen molar-refractivity contribution in [3.63, 3.8) is 0 Å². The summed E-state index contributed by atoms with van der Waals surface area (Å²) in [5, 5.41) is 13.5. The number of anilines is 1. The molecule has 2 aromatic rings. The number of aromatic nitrogens is 4. The molecule has 7 nitrogen and oxygen atoms in total. The SMILES string of the molecule is Cn1nnc(NC(=O)c2ccc(F)cc2C#CCN)n1. The summed E-state index contributed by atoms with van der Waals surface area (Å²) in [6, 6.07) is 3.68. The highest BCUT2D eigenvalue weighted by molar-refractivity contribution is 6.05. The van der Waals surface area contributed by atoms with Gasteiger partial charge in [0.15, 0.2) is 0 Å². The van der Waals surface area contributed by atoms with Crippen molar-refractivity contribution in [3.8, 4) is 11.8 Å². The maximum atomic E-state index is 13.2. The third-order valence-corrected chi connectivity index (χ3v) is 2.29. The number of halogens is 1. The summed E-state index contributed by atoms with van der Waals surface area (Å²) in [7, 11) is 1.57. The minimum Gasteiger partial charge on any atom is -0.320 e. The van der Waals surface area contributed by atoms with Crippen molar-refractivity contribution in [2.24, 2.45) is 12.8 Å². The van der Waals surface area contributed by atoms with Crippen molar-refractivity contribution >= 4 is 11.9 Å². The molecule has 0 bridgehead atoms. The van der Waals surface area contributed by atoms with Crippen LogP contribution in [0.15, 0.2) is 18.2 Å². The molecule has 0 radical (unpaired) electrons. The Morgan fingerprint density at radius 1 is 1.55 bits per heavy atom. The average molecular weight is 274 g/mol. The zero-order valence-corrected chi connectivity index (χ0v) is 10.6. The first kappa shape index (κ1) is 13.6. The highest BCUT2D eigenvalue weighted by Crippen LogP contribution is 2.12. The fourth-order valence-electron chi connectivity index (χ4n) is 1.47. The van der Waals surface area contributed by atoms with Crippen molar-refractivity contribution in [3.05, 3.63) is 35.1 Å². The Balaban J connectivity index is 2.29. The third kappa shape index (κ3) is 3.15. The number of rotatable bonds is 2. The van der Waals surface area contributed by atoms with Crippen LogP contribution in [0.1, 0.15) is 15.9 Å². The van der Waals surface area contributed by atoms with Crippen molar-refractivity contribution < 1.29 is 9.18 Å². The first-order valence-electron chi connectivity index (χ1n) is 5.64. The van der Waals surface area contributed by atoms with E-state index in [9.17, 15) is 9.18 Å². The molecule has 20 heavy (non-hydrogen) atoms. The van der Waals surface area contributed by atoms with Crippen LogP contribution in [0.3, 0.4) is 0 Å². The molecular formula is C12H11FN6O. The lowest BCUT2D eigenvalue weighted by Crippen LogP contribution is -2.15. The summed E-state index contributed by atoms with van der Waals surface area (Å²) in [5.74, 6) is 4.30. The molecule has 8 heteroatoms. The topological polar surface area (TPSA) is 98.7 Å². The molecule has 1 aromatic heterocycles. The number of hydrogen-bond acceptors (Lipinski definition) is 5. The van der Waals surface area contributed by atoms with Crippen LogP contribution in [0.2, 0.25) is 0 Å². The minimum absolute atomic E-state index is 0.0551. The van der Waals surface area contributed by atoms with Crippen LogP contribution in [-0.4, -0.2) is 32.7 Å². The van der Waals surface area contributed by atoms with Crippen LogP contribution in [0.4, 0.5) is 10.3 Å². The Bertz CT molecular complexity index is 699. The highest BCUT2D eigenvalue weighted by atomic mass is 19.1. The zero-order chi connectivity index (χ0) is 14.5. The lowest BCUT2D eigenvalue weighted by atomic mass is 10.1. The van der Waals surface area contributed by atoms with Crippen molar-refractivity contribution in [1.82, 2.24) is 20.2 Å². The number of nitrogens with one attached hydrogen (secondary N) is 1. The fraction of sp³-hybridized carbons (Fsp3) is 0.167. The standard InChI is InChI=1S/C12H11FN6O/c1-19-17-12(16-18-19)15-11(20)10-5-4-9(13)7-8(10)3-2-6-14/h4-5,7H,6,14H2,1H3,(H,15,17,20). The molecule has 0 unspecified atom stereocenters. The molecule has 0 spiro atoms. The van der Waals surface area contributed by atoms with E-state index < -0.39 is 11.7 Å². The molecule has 1 amide bonds. The minimum atomic E-state index is -0.501. The maximum Gasteiger partial charge on any atom is 0.270 e. The first-order chi connectivity index (χ1) is 9.60. The lowest BCUT2D eigenvalue weighted by molar-refractivity contribution is 0.102. The van der Waals surface area contributed by atoms with Crippen LogP contribution < -0.4 is 11.1 Å². The van der Waals surface area contributed by atoms with Gasteiger partial charge in [-0.1, -0.05) is 16.9 Å². The van der Waals surface area contributed by atoms with E-state index >= 15 is 0 Å². The second-order valence-electron chi connectivity index (χ2n) is 3.75. The summed E-state index contributed by atoms with van der Waals surface area (Å²) in [6.45, 7) is 0.114. The number of carbonyl (C=O) groups is 1. The highest BCUT2D eigenvalue weighted by Gasteiger charge is 2.13. The van der Waals surface area contributed by atoms with Gasteiger partial charge in [0.05, 0.1) is 19.2 Å². The normalized spacial score (nSPS) is 9.75. The predicted octanol–water partition coefficient (Wildman–Crippen LogP) is -0.0883. The molecule has 0 saturated heterocycles. The largest absolute Gasteiger partial charge is 0.320 e. The number of nitrogens with two attached hydrogens (primary N) is 1. The summed E-state index contributed by atoms with van der Waals surface area (Å²) in [5.41, 5.74) is 5.72. The Kier molecular flexibility index (Phi) is 4.02. The van der Waals surface area contributed by atoms with E-state index in [1.807, 2.05) is 0 Å². The number of hydrogen-bond donors (Lipinski definition) is 2. The monoisotopic (exact) mass is 274 g/mol. The molecule has 0 aliphatic carbocycles. The molecule has 0 atom stereocenters. The summed E-state index contributed by atoms with van der Waals surface area (Å²) >= 11 is 0.